The molecule has 0 radical (unpaired) electrons. The number of fused-ring (bicyclic) bond motifs is 2. The Morgan fingerprint density at radius 2 is 1.67 bits per heavy atom. The van der Waals surface area contributed by atoms with E-state index in [9.17, 15) is 19.2 Å². The molecule has 2 aliphatic rings. The lowest BCUT2D eigenvalue weighted by Crippen LogP contribution is -2.38. The summed E-state index contributed by atoms with van der Waals surface area (Å²) in [6, 6.07) is 0. The number of aliphatic hydroxyl groups excluding tert-OH is 1. The Hall–Kier alpha value is -2.08. The van der Waals surface area contributed by atoms with Crippen LogP contribution in [0.4, 0.5) is 0 Å². The number of esters is 1. The lowest BCUT2D eigenvalue weighted by Gasteiger charge is -2.19. The summed E-state index contributed by atoms with van der Waals surface area (Å²) in [5, 5.41) is 8.82. The van der Waals surface area contributed by atoms with Crippen molar-refractivity contribution in [3.8, 4) is 0 Å². The first-order valence-corrected chi connectivity index (χ1v) is 11.1. The summed E-state index contributed by atoms with van der Waals surface area (Å²) in [4.78, 5) is 48.0. The van der Waals surface area contributed by atoms with Crippen LogP contribution < -0.4 is 0 Å². The third-order valence-corrected chi connectivity index (χ3v) is 6.30. The third kappa shape index (κ3) is 6.46. The van der Waals surface area contributed by atoms with Crippen LogP contribution in [-0.4, -0.2) is 42.1 Å². The van der Waals surface area contributed by atoms with Crippen molar-refractivity contribution in [2.75, 3.05) is 13.7 Å². The van der Waals surface area contributed by atoms with Crippen LogP contribution in [0.2, 0.25) is 0 Å². The molecule has 2 unspecified atom stereocenters. The molecule has 0 aromatic rings. The van der Waals surface area contributed by atoms with Crippen LogP contribution in [0.5, 0.6) is 0 Å². The number of Topliss-reactive ketones (excluding diaryl/α,β-unsaturated/α-hetero) is 3. The minimum absolute atomic E-state index is 0.0274. The van der Waals surface area contributed by atoms with E-state index in [-0.39, 0.29) is 36.2 Å². The Kier molecular flexibility index (Phi) is 10.1. The van der Waals surface area contributed by atoms with Crippen molar-refractivity contribution in [1.82, 2.24) is 0 Å². The summed E-state index contributed by atoms with van der Waals surface area (Å²) in [5.74, 6) is -2.91. The lowest BCUT2D eigenvalue weighted by atomic mass is 9.83. The monoisotopic (exact) mass is 418 g/mol. The number of aliphatic hydroxyl groups is 1. The normalized spacial score (nSPS) is 26.3. The van der Waals surface area contributed by atoms with Crippen molar-refractivity contribution < 1.29 is 29.0 Å². The standard InChI is InChI=1S/C24H34O6/c1-30-21(26)14-10-6-5-9-13-18-17(12-8-4-2-3-7-11-15-25)19-16-20(18)23(28)24(29)22(19)27/h5,8-9,12,17-20,25H,2-4,6-7,10-11,13-16H2,1H3/b9-5-,12-8?/t17?,18?,19-,20-/m1/s1. The number of ketones is 3. The zero-order valence-electron chi connectivity index (χ0n) is 17.9. The second kappa shape index (κ2) is 12.6. The van der Waals surface area contributed by atoms with Gasteiger partial charge in [-0.05, 0) is 56.8 Å². The van der Waals surface area contributed by atoms with Gasteiger partial charge in [-0.1, -0.05) is 37.1 Å². The minimum atomic E-state index is -0.816. The topological polar surface area (TPSA) is 97.7 Å². The number of methoxy groups -OCH3 is 1. The number of carbonyl (C=O) groups is 4. The number of ether oxygens (including phenoxy) is 1. The van der Waals surface area contributed by atoms with Crippen molar-refractivity contribution in [3.05, 3.63) is 24.3 Å². The molecule has 6 nitrogen and oxygen atoms in total. The summed E-state index contributed by atoms with van der Waals surface area (Å²) in [7, 11) is 1.37. The summed E-state index contributed by atoms with van der Waals surface area (Å²) in [6.45, 7) is 0.225. The molecule has 0 aromatic carbocycles. The highest BCUT2D eigenvalue weighted by atomic mass is 16.5. The minimum Gasteiger partial charge on any atom is -0.469 e. The van der Waals surface area contributed by atoms with E-state index in [0.29, 0.717) is 25.7 Å². The Bertz CT molecular complexity index is 677. The molecule has 2 aliphatic carbocycles. The summed E-state index contributed by atoms with van der Waals surface area (Å²) in [6.07, 6.45) is 15.9. The Labute approximate surface area is 178 Å². The van der Waals surface area contributed by atoms with Gasteiger partial charge in [-0.25, -0.2) is 0 Å². The first-order chi connectivity index (χ1) is 14.5. The molecule has 2 rings (SSSR count). The molecule has 6 heteroatoms. The number of allylic oxidation sites excluding steroid dienone is 4. The van der Waals surface area contributed by atoms with Crippen molar-refractivity contribution >= 4 is 23.3 Å². The number of rotatable bonds is 13. The van der Waals surface area contributed by atoms with Crippen molar-refractivity contribution in [2.24, 2.45) is 23.7 Å². The molecule has 0 aromatic heterocycles. The first-order valence-electron chi connectivity index (χ1n) is 11.1. The highest BCUT2D eigenvalue weighted by Gasteiger charge is 2.55. The summed E-state index contributed by atoms with van der Waals surface area (Å²) in [5.41, 5.74) is 0. The molecular formula is C24H34O6. The summed E-state index contributed by atoms with van der Waals surface area (Å²) < 4.78 is 4.62. The average Bonchev–Trinajstić information content (AvgIpc) is 3.08. The fraction of sp³-hybridized carbons (Fsp3) is 0.667. The molecule has 0 heterocycles. The Morgan fingerprint density at radius 3 is 2.40 bits per heavy atom. The van der Waals surface area contributed by atoms with E-state index in [1.54, 1.807) is 0 Å². The number of carbonyl (C=O) groups excluding carboxylic acids is 4. The quantitative estimate of drug-likeness (QED) is 0.213. The van der Waals surface area contributed by atoms with Gasteiger partial charge >= 0.3 is 5.97 Å². The number of hydrogen-bond acceptors (Lipinski definition) is 6. The van der Waals surface area contributed by atoms with E-state index in [4.69, 9.17) is 5.11 Å². The van der Waals surface area contributed by atoms with Crippen molar-refractivity contribution in [2.45, 2.75) is 64.2 Å². The fourth-order valence-electron chi connectivity index (χ4n) is 4.63. The van der Waals surface area contributed by atoms with Gasteiger partial charge in [0.15, 0.2) is 0 Å². The zero-order chi connectivity index (χ0) is 21.9. The maximum Gasteiger partial charge on any atom is 0.305 e. The van der Waals surface area contributed by atoms with Gasteiger partial charge in [0.2, 0.25) is 11.6 Å². The second-order valence-electron chi connectivity index (χ2n) is 8.28. The van der Waals surface area contributed by atoms with Gasteiger partial charge in [-0.15, -0.1) is 0 Å². The van der Waals surface area contributed by atoms with E-state index >= 15 is 0 Å². The predicted octanol–water partition coefficient (Wildman–Crippen LogP) is 3.36. The molecule has 2 bridgehead atoms. The molecule has 0 amide bonds. The van der Waals surface area contributed by atoms with Crippen molar-refractivity contribution in [1.29, 1.82) is 0 Å². The third-order valence-electron chi connectivity index (χ3n) is 6.30. The fourth-order valence-corrected chi connectivity index (χ4v) is 4.63. The highest BCUT2D eigenvalue weighted by molar-refractivity contribution is 6.65. The van der Waals surface area contributed by atoms with Crippen LogP contribution in [0.25, 0.3) is 0 Å². The largest absolute Gasteiger partial charge is 0.469 e. The molecule has 1 N–H and O–H groups in total. The van der Waals surface area contributed by atoms with Crippen molar-refractivity contribution in [3.63, 3.8) is 0 Å². The molecule has 2 fully saturated rings. The first kappa shape index (κ1) is 24.2. The van der Waals surface area contributed by atoms with E-state index < -0.39 is 17.3 Å². The van der Waals surface area contributed by atoms with Gasteiger partial charge in [0.25, 0.3) is 5.78 Å². The van der Waals surface area contributed by atoms with Crippen LogP contribution in [0.15, 0.2) is 24.3 Å². The van der Waals surface area contributed by atoms with Gasteiger partial charge in [-0.3, -0.25) is 19.2 Å². The molecule has 166 valence electrons. The lowest BCUT2D eigenvalue weighted by molar-refractivity contribution is -0.149. The van der Waals surface area contributed by atoms with Gasteiger partial charge in [0, 0.05) is 24.9 Å². The van der Waals surface area contributed by atoms with Crippen LogP contribution in [0, 0.1) is 23.7 Å². The molecule has 2 saturated carbocycles. The molecule has 0 spiro atoms. The molecular weight excluding hydrogens is 384 g/mol. The van der Waals surface area contributed by atoms with E-state index in [1.165, 1.54) is 7.11 Å². The van der Waals surface area contributed by atoms with Gasteiger partial charge in [-0.2, -0.15) is 0 Å². The van der Waals surface area contributed by atoms with Gasteiger partial charge < -0.3 is 9.84 Å². The average molecular weight is 419 g/mol. The zero-order valence-corrected chi connectivity index (χ0v) is 17.9. The predicted molar refractivity (Wildman–Crippen MR) is 113 cm³/mol. The van der Waals surface area contributed by atoms with E-state index in [1.807, 2.05) is 12.2 Å². The molecule has 0 aliphatic heterocycles. The Balaban J connectivity index is 1.94. The molecule has 4 atom stereocenters. The highest BCUT2D eigenvalue weighted by Crippen LogP contribution is 2.48. The van der Waals surface area contributed by atoms with Gasteiger partial charge in [0.1, 0.15) is 0 Å². The smallest absolute Gasteiger partial charge is 0.305 e. The Morgan fingerprint density at radius 1 is 0.967 bits per heavy atom. The molecule has 0 saturated heterocycles. The summed E-state index contributed by atoms with van der Waals surface area (Å²) >= 11 is 0. The van der Waals surface area contributed by atoms with E-state index in [2.05, 4.69) is 16.9 Å². The SMILES string of the molecule is COC(=O)CCC/C=C\CC1C(C=CCCCCCCO)[C@H]2C[C@H]1C(=O)C(=O)C2=O. The van der Waals surface area contributed by atoms with Crippen LogP contribution in [0.3, 0.4) is 0 Å². The number of hydrogen-bond donors (Lipinski definition) is 1. The van der Waals surface area contributed by atoms with Crippen LogP contribution >= 0.6 is 0 Å². The molecule has 30 heavy (non-hydrogen) atoms. The number of unbranched alkanes of at least 4 members (excludes halogenated alkanes) is 5. The van der Waals surface area contributed by atoms with Gasteiger partial charge in [0.05, 0.1) is 7.11 Å². The van der Waals surface area contributed by atoms with Crippen LogP contribution in [-0.2, 0) is 23.9 Å². The van der Waals surface area contributed by atoms with Crippen LogP contribution in [0.1, 0.15) is 64.2 Å². The second-order valence-corrected chi connectivity index (χ2v) is 8.28. The maximum absolute atomic E-state index is 12.4. The van der Waals surface area contributed by atoms with E-state index in [0.717, 1.165) is 38.5 Å². The maximum atomic E-state index is 12.4.